The molecule has 1 N–H and O–H groups in total. The Labute approximate surface area is 217 Å². The fraction of sp³-hybridized carbons (Fsp3) is 0.308. The molecule has 0 unspecified atom stereocenters. The quantitative estimate of drug-likeness (QED) is 0.221. The first-order valence-corrected chi connectivity index (χ1v) is 12.1. The lowest BCUT2D eigenvalue weighted by Gasteiger charge is -2.29. The van der Waals surface area contributed by atoms with E-state index in [0.717, 1.165) is 37.1 Å². The second-order valence-corrected chi connectivity index (χ2v) is 9.35. The van der Waals surface area contributed by atoms with Crippen LogP contribution in [0.1, 0.15) is 34.5 Å². The molecule has 12 heteroatoms. The average Bonchev–Trinajstić information content (AvgIpc) is 3.37. The number of rotatable bonds is 7. The molecule has 0 aliphatic carbocycles. The van der Waals surface area contributed by atoms with Gasteiger partial charge >= 0.3 is 5.63 Å². The monoisotopic (exact) mass is 518 g/mol. The van der Waals surface area contributed by atoms with Gasteiger partial charge in [0.15, 0.2) is 5.69 Å². The maximum atomic E-state index is 12.7. The number of amides is 1. The van der Waals surface area contributed by atoms with E-state index in [1.807, 2.05) is 13.0 Å². The van der Waals surface area contributed by atoms with Gasteiger partial charge in [0.1, 0.15) is 23.1 Å². The molecule has 0 spiro atoms. The van der Waals surface area contributed by atoms with E-state index in [9.17, 15) is 19.7 Å². The molecular weight excluding hydrogens is 492 g/mol. The summed E-state index contributed by atoms with van der Waals surface area (Å²) in [4.78, 5) is 38.0. The SMILES string of the molecule is Cc1c(OC2CCN(C)CC2)ccc2cc(NC(=O)c3cn(Cc4ccc([N+](=O)[O-])cc4)nn3)c(=O)oc12. The van der Waals surface area contributed by atoms with Crippen LogP contribution in [-0.2, 0) is 6.54 Å². The molecule has 196 valence electrons. The Kier molecular flexibility index (Phi) is 6.88. The van der Waals surface area contributed by atoms with Crippen LogP contribution < -0.4 is 15.7 Å². The summed E-state index contributed by atoms with van der Waals surface area (Å²) in [7, 11) is 2.09. The van der Waals surface area contributed by atoms with Crippen molar-refractivity contribution in [2.45, 2.75) is 32.4 Å². The van der Waals surface area contributed by atoms with Gasteiger partial charge in [-0.15, -0.1) is 5.10 Å². The van der Waals surface area contributed by atoms with Crippen LogP contribution >= 0.6 is 0 Å². The molecule has 1 aliphatic heterocycles. The summed E-state index contributed by atoms with van der Waals surface area (Å²) < 4.78 is 13.2. The molecule has 2 aromatic carbocycles. The number of nitrogens with one attached hydrogen (secondary N) is 1. The zero-order chi connectivity index (χ0) is 26.8. The van der Waals surface area contributed by atoms with Gasteiger partial charge in [0.2, 0.25) is 0 Å². The molecule has 1 fully saturated rings. The lowest BCUT2D eigenvalue weighted by molar-refractivity contribution is -0.384. The molecule has 2 aromatic heterocycles. The highest BCUT2D eigenvalue weighted by atomic mass is 16.6. The smallest absolute Gasteiger partial charge is 0.360 e. The van der Waals surface area contributed by atoms with E-state index in [2.05, 4.69) is 27.6 Å². The van der Waals surface area contributed by atoms with Gasteiger partial charge in [-0.1, -0.05) is 17.3 Å². The van der Waals surface area contributed by atoms with E-state index in [4.69, 9.17) is 9.15 Å². The van der Waals surface area contributed by atoms with Crippen molar-refractivity contribution in [3.8, 4) is 5.75 Å². The minimum absolute atomic E-state index is 0.00413. The third-order valence-electron chi connectivity index (χ3n) is 6.57. The highest BCUT2D eigenvalue weighted by molar-refractivity contribution is 6.03. The molecule has 38 heavy (non-hydrogen) atoms. The van der Waals surface area contributed by atoms with Gasteiger partial charge in [0.25, 0.3) is 11.6 Å². The molecular formula is C26H26N6O6. The zero-order valence-electron chi connectivity index (χ0n) is 20.9. The second-order valence-electron chi connectivity index (χ2n) is 9.35. The minimum Gasteiger partial charge on any atom is -0.490 e. The minimum atomic E-state index is -0.691. The molecule has 3 heterocycles. The fourth-order valence-electron chi connectivity index (χ4n) is 4.38. The van der Waals surface area contributed by atoms with Crippen LogP contribution in [0.25, 0.3) is 11.0 Å². The number of hydrogen-bond acceptors (Lipinski definition) is 9. The van der Waals surface area contributed by atoms with Gasteiger partial charge in [0, 0.05) is 36.2 Å². The third kappa shape index (κ3) is 5.39. The Morgan fingerprint density at radius 2 is 1.95 bits per heavy atom. The van der Waals surface area contributed by atoms with Crippen molar-refractivity contribution in [3.63, 3.8) is 0 Å². The Balaban J connectivity index is 1.28. The number of nitrogens with zero attached hydrogens (tertiary/aromatic N) is 5. The number of nitro groups is 1. The van der Waals surface area contributed by atoms with Gasteiger partial charge in [-0.05, 0) is 50.6 Å². The number of aromatic nitrogens is 3. The lowest BCUT2D eigenvalue weighted by Crippen LogP contribution is -2.35. The van der Waals surface area contributed by atoms with Crippen LogP contribution in [0.2, 0.25) is 0 Å². The number of hydrogen-bond donors (Lipinski definition) is 1. The van der Waals surface area contributed by atoms with Crippen molar-refractivity contribution in [1.82, 2.24) is 19.9 Å². The van der Waals surface area contributed by atoms with Crippen molar-refractivity contribution >= 4 is 28.3 Å². The number of ether oxygens (including phenoxy) is 1. The molecule has 1 aliphatic rings. The summed E-state index contributed by atoms with van der Waals surface area (Å²) in [6.07, 6.45) is 3.40. The van der Waals surface area contributed by atoms with Gasteiger partial charge in [-0.25, -0.2) is 9.48 Å². The van der Waals surface area contributed by atoms with Crippen LogP contribution in [-0.4, -0.2) is 57.0 Å². The summed E-state index contributed by atoms with van der Waals surface area (Å²) in [5.74, 6) is 0.0576. The first kappa shape index (κ1) is 25.1. The first-order chi connectivity index (χ1) is 18.3. The number of nitro benzene ring substituents is 1. The van der Waals surface area contributed by atoms with E-state index < -0.39 is 16.5 Å². The van der Waals surface area contributed by atoms with E-state index in [0.29, 0.717) is 16.7 Å². The summed E-state index contributed by atoms with van der Waals surface area (Å²) in [6, 6.07) is 11.2. The van der Waals surface area contributed by atoms with Crippen LogP contribution in [0.4, 0.5) is 11.4 Å². The molecule has 5 rings (SSSR count). The highest BCUT2D eigenvalue weighted by Gasteiger charge is 2.21. The molecule has 1 amide bonds. The van der Waals surface area contributed by atoms with Crippen LogP contribution in [0.3, 0.4) is 0 Å². The number of fused-ring (bicyclic) bond motifs is 1. The highest BCUT2D eigenvalue weighted by Crippen LogP contribution is 2.30. The first-order valence-electron chi connectivity index (χ1n) is 12.1. The van der Waals surface area contributed by atoms with Crippen LogP contribution in [0.5, 0.6) is 5.75 Å². The predicted molar refractivity (Wildman–Crippen MR) is 139 cm³/mol. The van der Waals surface area contributed by atoms with Crippen molar-refractivity contribution in [1.29, 1.82) is 0 Å². The van der Waals surface area contributed by atoms with Gasteiger partial charge in [-0.3, -0.25) is 14.9 Å². The number of carbonyl (C=O) groups is 1. The molecule has 12 nitrogen and oxygen atoms in total. The normalized spacial score (nSPS) is 14.5. The molecule has 0 radical (unpaired) electrons. The lowest BCUT2D eigenvalue weighted by atomic mass is 10.1. The number of anilines is 1. The number of aryl methyl sites for hydroxylation is 1. The van der Waals surface area contributed by atoms with E-state index >= 15 is 0 Å². The summed E-state index contributed by atoms with van der Waals surface area (Å²) in [5.41, 5.74) is 1.16. The number of non-ortho nitro benzene ring substituents is 1. The van der Waals surface area contributed by atoms with Crippen LogP contribution in [0.15, 0.2) is 57.9 Å². The number of likely N-dealkylation sites (tertiary alicyclic amines) is 1. The Hall–Kier alpha value is -4.58. The molecule has 0 saturated carbocycles. The van der Waals surface area contributed by atoms with Gasteiger partial charge < -0.3 is 19.4 Å². The van der Waals surface area contributed by atoms with E-state index in [1.54, 1.807) is 24.3 Å². The predicted octanol–water partition coefficient (Wildman–Crippen LogP) is 3.37. The Morgan fingerprint density at radius 1 is 1.21 bits per heavy atom. The third-order valence-corrected chi connectivity index (χ3v) is 6.57. The van der Waals surface area contributed by atoms with E-state index in [1.165, 1.54) is 23.0 Å². The standard InChI is InChI=1S/C26H26N6O6/c1-16-23(37-20-9-11-30(2)12-10-20)8-5-18-13-21(26(34)38-24(16)18)27-25(33)22-15-31(29-28-22)14-17-3-6-19(7-4-17)32(35)36/h3-8,13,15,20H,9-12,14H2,1-2H3,(H,27,33). The number of benzene rings is 2. The molecule has 4 aromatic rings. The summed E-state index contributed by atoms with van der Waals surface area (Å²) in [5, 5.41) is 21.8. The van der Waals surface area contributed by atoms with Crippen molar-refractivity contribution in [2.24, 2.45) is 0 Å². The Morgan fingerprint density at radius 3 is 2.66 bits per heavy atom. The zero-order valence-corrected chi connectivity index (χ0v) is 20.9. The topological polar surface area (TPSA) is 146 Å². The Bertz CT molecular complexity index is 1550. The van der Waals surface area contributed by atoms with E-state index in [-0.39, 0.29) is 29.7 Å². The largest absolute Gasteiger partial charge is 0.490 e. The fourth-order valence-corrected chi connectivity index (χ4v) is 4.38. The average molecular weight is 519 g/mol. The van der Waals surface area contributed by atoms with Gasteiger partial charge in [0.05, 0.1) is 17.7 Å². The van der Waals surface area contributed by atoms with Crippen LogP contribution in [0, 0.1) is 17.0 Å². The molecule has 0 atom stereocenters. The summed E-state index contributed by atoms with van der Waals surface area (Å²) in [6.45, 7) is 4.05. The number of carbonyl (C=O) groups excluding carboxylic acids is 1. The molecule has 0 bridgehead atoms. The van der Waals surface area contributed by atoms with Crippen molar-refractivity contribution in [3.05, 3.63) is 86.0 Å². The maximum absolute atomic E-state index is 12.7. The van der Waals surface area contributed by atoms with Gasteiger partial charge in [-0.2, -0.15) is 0 Å². The maximum Gasteiger partial charge on any atom is 0.360 e. The van der Waals surface area contributed by atoms with Crippen molar-refractivity contribution in [2.75, 3.05) is 25.5 Å². The number of piperidine rings is 1. The summed E-state index contributed by atoms with van der Waals surface area (Å²) >= 11 is 0. The second kappa shape index (κ2) is 10.4. The molecule has 1 saturated heterocycles. The van der Waals surface area contributed by atoms with Crippen molar-refractivity contribution < 1.29 is 18.9 Å².